The monoisotopic (exact) mass is 290 g/mol. The van der Waals surface area contributed by atoms with Crippen LogP contribution in [0.25, 0.3) is 10.9 Å². The van der Waals surface area contributed by atoms with E-state index in [0.717, 1.165) is 27.4 Å². The Morgan fingerprint density at radius 3 is 2.88 bits per heavy atom. The van der Waals surface area contributed by atoms with Gasteiger partial charge in [0.2, 0.25) is 0 Å². The predicted octanol–water partition coefficient (Wildman–Crippen LogP) is 2.72. The van der Waals surface area contributed by atoms with E-state index in [1.165, 1.54) is 0 Å². The number of pyridine rings is 1. The Labute approximate surface area is 108 Å². The second-order valence-electron chi connectivity index (χ2n) is 3.62. The smallest absolute Gasteiger partial charge is 0.103 e. The van der Waals surface area contributed by atoms with Gasteiger partial charge in [-0.3, -0.25) is 10.8 Å². The van der Waals surface area contributed by atoms with Crippen LogP contribution in [-0.4, -0.2) is 4.98 Å². The van der Waals surface area contributed by atoms with Crippen LogP contribution in [0.5, 0.6) is 0 Å². The standard InChI is InChI=1S/C12H11BrN4/c1-2-7-3-9(13)4-10-11(7)16-6-8(5-14)12(10)17-15/h3-4,6H,2,15H2,1H3,(H,16,17). The number of fused-ring (bicyclic) bond motifs is 1. The fraction of sp³-hybridized carbons (Fsp3) is 0.167. The molecule has 0 atom stereocenters. The highest BCUT2D eigenvalue weighted by atomic mass is 79.9. The van der Waals surface area contributed by atoms with Gasteiger partial charge in [-0.25, -0.2) is 0 Å². The molecule has 1 aromatic carbocycles. The van der Waals surface area contributed by atoms with Gasteiger partial charge >= 0.3 is 0 Å². The van der Waals surface area contributed by atoms with Crippen molar-refractivity contribution in [1.82, 2.24) is 4.98 Å². The maximum absolute atomic E-state index is 9.01. The van der Waals surface area contributed by atoms with Crippen LogP contribution in [-0.2, 0) is 6.42 Å². The first kappa shape index (κ1) is 11.8. The zero-order chi connectivity index (χ0) is 12.4. The Kier molecular flexibility index (Phi) is 3.27. The minimum Gasteiger partial charge on any atom is -0.322 e. The second-order valence-corrected chi connectivity index (χ2v) is 4.53. The number of hydrogen-bond donors (Lipinski definition) is 2. The molecule has 3 N–H and O–H groups in total. The molecule has 0 saturated heterocycles. The van der Waals surface area contributed by atoms with Gasteiger partial charge in [0.15, 0.2) is 0 Å². The van der Waals surface area contributed by atoms with Gasteiger partial charge in [0, 0.05) is 16.1 Å². The van der Waals surface area contributed by atoms with E-state index in [1.54, 1.807) is 6.20 Å². The molecule has 0 aliphatic heterocycles. The molecule has 0 spiro atoms. The van der Waals surface area contributed by atoms with E-state index in [2.05, 4.69) is 39.3 Å². The van der Waals surface area contributed by atoms with Gasteiger partial charge in [0.1, 0.15) is 6.07 Å². The van der Waals surface area contributed by atoms with Gasteiger partial charge in [-0.05, 0) is 24.1 Å². The number of nitrogens with two attached hydrogens (primary N) is 1. The summed E-state index contributed by atoms with van der Waals surface area (Å²) in [6.45, 7) is 2.07. The lowest BCUT2D eigenvalue weighted by atomic mass is 10.0. The van der Waals surface area contributed by atoms with Crippen LogP contribution < -0.4 is 11.3 Å². The number of anilines is 1. The van der Waals surface area contributed by atoms with Crippen molar-refractivity contribution in [3.63, 3.8) is 0 Å². The molecular formula is C12H11BrN4. The molecule has 0 aliphatic rings. The van der Waals surface area contributed by atoms with Crippen molar-refractivity contribution >= 4 is 32.5 Å². The molecule has 86 valence electrons. The lowest BCUT2D eigenvalue weighted by Gasteiger charge is -2.10. The van der Waals surface area contributed by atoms with Gasteiger partial charge in [-0.2, -0.15) is 5.26 Å². The molecule has 0 bridgehead atoms. The van der Waals surface area contributed by atoms with Crippen LogP contribution in [0.2, 0.25) is 0 Å². The zero-order valence-electron chi connectivity index (χ0n) is 9.29. The molecule has 0 unspecified atom stereocenters. The van der Waals surface area contributed by atoms with Crippen molar-refractivity contribution in [2.24, 2.45) is 5.84 Å². The molecule has 0 aliphatic carbocycles. The Hall–Kier alpha value is -1.64. The molecule has 0 radical (unpaired) electrons. The first-order valence-corrected chi connectivity index (χ1v) is 5.98. The molecule has 1 heterocycles. The van der Waals surface area contributed by atoms with E-state index in [4.69, 9.17) is 11.1 Å². The Bertz CT molecular complexity index is 616. The number of benzene rings is 1. The molecule has 1 aromatic heterocycles. The van der Waals surface area contributed by atoms with E-state index in [1.807, 2.05) is 12.1 Å². The first-order chi connectivity index (χ1) is 8.21. The third-order valence-corrected chi connectivity index (χ3v) is 3.12. The van der Waals surface area contributed by atoms with Gasteiger partial charge in [-0.1, -0.05) is 22.9 Å². The molecule has 0 saturated carbocycles. The summed E-state index contributed by atoms with van der Waals surface area (Å²) in [6.07, 6.45) is 2.42. The maximum atomic E-state index is 9.01. The highest BCUT2D eigenvalue weighted by Gasteiger charge is 2.11. The SMILES string of the molecule is CCc1cc(Br)cc2c(NN)c(C#N)cnc12. The summed E-state index contributed by atoms with van der Waals surface area (Å²) in [4.78, 5) is 4.33. The zero-order valence-corrected chi connectivity index (χ0v) is 10.9. The van der Waals surface area contributed by atoms with E-state index in [0.29, 0.717) is 11.3 Å². The minimum atomic E-state index is 0.445. The summed E-state index contributed by atoms with van der Waals surface area (Å²) in [5.41, 5.74) is 5.65. The normalized spacial score (nSPS) is 10.2. The number of aryl methyl sites for hydroxylation is 1. The average Bonchev–Trinajstić information content (AvgIpc) is 2.36. The number of nitrogens with zero attached hydrogens (tertiary/aromatic N) is 2. The van der Waals surface area contributed by atoms with Gasteiger partial charge in [0.25, 0.3) is 0 Å². The van der Waals surface area contributed by atoms with Gasteiger partial charge in [-0.15, -0.1) is 0 Å². The molecule has 17 heavy (non-hydrogen) atoms. The number of nitrogen functional groups attached to an aromatic ring is 1. The van der Waals surface area contributed by atoms with Crippen molar-refractivity contribution in [3.05, 3.63) is 33.9 Å². The number of hydrazine groups is 1. The predicted molar refractivity (Wildman–Crippen MR) is 71.3 cm³/mol. The summed E-state index contributed by atoms with van der Waals surface area (Å²) in [6, 6.07) is 6.02. The van der Waals surface area contributed by atoms with Crippen molar-refractivity contribution in [3.8, 4) is 6.07 Å². The molecule has 5 heteroatoms. The van der Waals surface area contributed by atoms with E-state index in [9.17, 15) is 0 Å². The highest BCUT2D eigenvalue weighted by molar-refractivity contribution is 9.10. The summed E-state index contributed by atoms with van der Waals surface area (Å²) in [7, 11) is 0. The second kappa shape index (κ2) is 4.70. The van der Waals surface area contributed by atoms with E-state index >= 15 is 0 Å². The molecule has 2 rings (SSSR count). The Morgan fingerprint density at radius 1 is 1.53 bits per heavy atom. The summed E-state index contributed by atoms with van der Waals surface area (Å²) < 4.78 is 0.954. The van der Waals surface area contributed by atoms with Crippen molar-refractivity contribution in [1.29, 1.82) is 5.26 Å². The van der Waals surface area contributed by atoms with Crippen LogP contribution in [0.4, 0.5) is 5.69 Å². The fourth-order valence-electron chi connectivity index (χ4n) is 1.85. The van der Waals surface area contributed by atoms with Crippen LogP contribution in [0, 0.1) is 11.3 Å². The van der Waals surface area contributed by atoms with Gasteiger partial charge < -0.3 is 5.43 Å². The van der Waals surface area contributed by atoms with Crippen LogP contribution in [0.15, 0.2) is 22.8 Å². The lowest BCUT2D eigenvalue weighted by molar-refractivity contribution is 1.14. The summed E-state index contributed by atoms with van der Waals surface area (Å²) in [5, 5.41) is 9.87. The maximum Gasteiger partial charge on any atom is 0.103 e. The average molecular weight is 291 g/mol. The molecule has 4 nitrogen and oxygen atoms in total. The summed E-state index contributed by atoms with van der Waals surface area (Å²) in [5.74, 6) is 5.49. The molecule has 0 amide bonds. The topological polar surface area (TPSA) is 74.7 Å². The lowest BCUT2D eigenvalue weighted by Crippen LogP contribution is -2.09. The van der Waals surface area contributed by atoms with Crippen molar-refractivity contribution in [2.45, 2.75) is 13.3 Å². The number of aromatic nitrogens is 1. The highest BCUT2D eigenvalue weighted by Crippen LogP contribution is 2.30. The largest absolute Gasteiger partial charge is 0.322 e. The van der Waals surface area contributed by atoms with Gasteiger partial charge in [0.05, 0.1) is 16.8 Å². The molecule has 0 fully saturated rings. The first-order valence-electron chi connectivity index (χ1n) is 5.19. The Balaban J connectivity index is 2.90. The van der Waals surface area contributed by atoms with Crippen molar-refractivity contribution < 1.29 is 0 Å². The number of rotatable bonds is 2. The van der Waals surface area contributed by atoms with E-state index < -0.39 is 0 Å². The number of halogens is 1. The number of nitriles is 1. The number of nitrogens with one attached hydrogen (secondary N) is 1. The fourth-order valence-corrected chi connectivity index (χ4v) is 2.35. The van der Waals surface area contributed by atoms with Crippen molar-refractivity contribution in [2.75, 3.05) is 5.43 Å². The third-order valence-electron chi connectivity index (χ3n) is 2.66. The van der Waals surface area contributed by atoms with Crippen LogP contribution >= 0.6 is 15.9 Å². The minimum absolute atomic E-state index is 0.445. The van der Waals surface area contributed by atoms with E-state index in [-0.39, 0.29) is 0 Å². The molecule has 2 aromatic rings. The van der Waals surface area contributed by atoms with Crippen LogP contribution in [0.3, 0.4) is 0 Å². The van der Waals surface area contributed by atoms with Crippen LogP contribution in [0.1, 0.15) is 18.1 Å². The Morgan fingerprint density at radius 2 is 2.29 bits per heavy atom. The summed E-state index contributed by atoms with van der Waals surface area (Å²) >= 11 is 3.45. The third kappa shape index (κ3) is 1.97. The quantitative estimate of drug-likeness (QED) is 0.659. The number of hydrogen-bond acceptors (Lipinski definition) is 4. The molecular weight excluding hydrogens is 280 g/mol.